The molecule has 6 heteroatoms. The molecule has 3 N–H and O–H groups in total. The van der Waals surface area contributed by atoms with E-state index in [0.717, 1.165) is 15.9 Å². The molecule has 0 bridgehead atoms. The van der Waals surface area contributed by atoms with Crippen molar-refractivity contribution >= 4 is 23.5 Å². The molecule has 1 heterocycles. The van der Waals surface area contributed by atoms with E-state index in [4.69, 9.17) is 5.73 Å². The van der Waals surface area contributed by atoms with Crippen molar-refractivity contribution in [3.63, 3.8) is 0 Å². The fraction of sp³-hybridized carbons (Fsp3) is 0.0625. The minimum Gasteiger partial charge on any atom is -0.368 e. The summed E-state index contributed by atoms with van der Waals surface area (Å²) in [6.07, 6.45) is 0.221. The number of rotatable bonds is 4. The fourth-order valence-corrected chi connectivity index (χ4v) is 2.06. The molecule has 6 nitrogen and oxygen atoms in total. The van der Waals surface area contributed by atoms with E-state index in [1.54, 1.807) is 0 Å². The van der Waals surface area contributed by atoms with Crippen LogP contribution in [-0.4, -0.2) is 20.7 Å². The van der Waals surface area contributed by atoms with Gasteiger partial charge in [-0.15, -0.1) is 5.10 Å². The van der Waals surface area contributed by atoms with Crippen molar-refractivity contribution in [2.24, 2.45) is 0 Å². The van der Waals surface area contributed by atoms with Crippen molar-refractivity contribution in [2.45, 2.75) is 6.42 Å². The molecule has 110 valence electrons. The fourth-order valence-electron chi connectivity index (χ4n) is 2.06. The Balaban J connectivity index is 1.76. The van der Waals surface area contributed by atoms with Crippen molar-refractivity contribution in [3.05, 3.63) is 66.2 Å². The standard InChI is InChI=1S/C16H15N5O/c17-15-19-16(18-13-9-5-2-6-10-13)20-21(15)14(22)11-12-7-3-1-4-8-12/h1-10H,11H2,(H3,17,18,19,20). The average Bonchev–Trinajstić information content (AvgIpc) is 2.90. The Kier molecular flexibility index (Phi) is 3.82. The first-order valence-corrected chi connectivity index (χ1v) is 6.84. The van der Waals surface area contributed by atoms with Crippen LogP contribution in [-0.2, 0) is 6.42 Å². The number of para-hydroxylation sites is 1. The molecule has 22 heavy (non-hydrogen) atoms. The Morgan fingerprint density at radius 1 is 1.05 bits per heavy atom. The van der Waals surface area contributed by atoms with E-state index in [9.17, 15) is 4.79 Å². The first-order chi connectivity index (χ1) is 10.7. The van der Waals surface area contributed by atoms with Crippen LogP contribution in [0.1, 0.15) is 10.4 Å². The molecule has 0 saturated heterocycles. The van der Waals surface area contributed by atoms with E-state index in [1.807, 2.05) is 60.7 Å². The van der Waals surface area contributed by atoms with Gasteiger partial charge in [-0.05, 0) is 17.7 Å². The van der Waals surface area contributed by atoms with Crippen LogP contribution in [0, 0.1) is 0 Å². The lowest BCUT2D eigenvalue weighted by Crippen LogP contribution is -2.17. The third kappa shape index (κ3) is 3.12. The lowest BCUT2D eigenvalue weighted by molar-refractivity contribution is 0.0901. The van der Waals surface area contributed by atoms with Crippen LogP contribution in [0.5, 0.6) is 0 Å². The lowest BCUT2D eigenvalue weighted by Gasteiger charge is -2.02. The molecule has 2 aromatic carbocycles. The second kappa shape index (κ2) is 6.09. The molecule has 0 amide bonds. The highest BCUT2D eigenvalue weighted by Gasteiger charge is 2.14. The molecular formula is C16H15N5O. The zero-order valence-corrected chi connectivity index (χ0v) is 11.8. The highest BCUT2D eigenvalue weighted by Crippen LogP contribution is 2.14. The SMILES string of the molecule is Nc1nc(Nc2ccccc2)nn1C(=O)Cc1ccccc1. The number of aromatic nitrogens is 3. The van der Waals surface area contributed by atoms with E-state index < -0.39 is 0 Å². The molecule has 0 aliphatic heterocycles. The molecule has 0 saturated carbocycles. The number of hydrogen-bond acceptors (Lipinski definition) is 5. The van der Waals surface area contributed by atoms with Gasteiger partial charge in [0.2, 0.25) is 11.9 Å². The Morgan fingerprint density at radius 2 is 1.68 bits per heavy atom. The molecule has 3 rings (SSSR count). The van der Waals surface area contributed by atoms with Gasteiger partial charge in [0, 0.05) is 5.69 Å². The number of nitrogen functional groups attached to an aromatic ring is 1. The van der Waals surface area contributed by atoms with Gasteiger partial charge in [0.05, 0.1) is 6.42 Å². The predicted octanol–water partition coefficient (Wildman–Crippen LogP) is 2.49. The number of carbonyl (C=O) groups excluding carboxylic acids is 1. The van der Waals surface area contributed by atoms with Crippen molar-refractivity contribution < 1.29 is 4.79 Å². The summed E-state index contributed by atoms with van der Waals surface area (Å²) in [5.41, 5.74) is 7.51. The summed E-state index contributed by atoms with van der Waals surface area (Å²) in [7, 11) is 0. The Hall–Kier alpha value is -3.15. The molecule has 0 aliphatic rings. The maximum Gasteiger partial charge on any atom is 0.254 e. The Bertz CT molecular complexity index is 768. The molecule has 0 atom stereocenters. The summed E-state index contributed by atoms with van der Waals surface area (Å²) < 4.78 is 1.12. The highest BCUT2D eigenvalue weighted by molar-refractivity contribution is 5.83. The summed E-state index contributed by atoms with van der Waals surface area (Å²) in [5.74, 6) is 0.141. The van der Waals surface area contributed by atoms with Crippen LogP contribution in [0.2, 0.25) is 0 Å². The van der Waals surface area contributed by atoms with Crippen molar-refractivity contribution in [3.8, 4) is 0 Å². The summed E-state index contributed by atoms with van der Waals surface area (Å²) >= 11 is 0. The van der Waals surface area contributed by atoms with E-state index in [1.165, 1.54) is 0 Å². The van der Waals surface area contributed by atoms with Crippen LogP contribution in [0.3, 0.4) is 0 Å². The van der Waals surface area contributed by atoms with Gasteiger partial charge in [-0.2, -0.15) is 9.67 Å². The van der Waals surface area contributed by atoms with Crippen LogP contribution in [0.25, 0.3) is 0 Å². The first kappa shape index (κ1) is 13.8. The second-order valence-corrected chi connectivity index (χ2v) is 4.75. The van der Waals surface area contributed by atoms with Gasteiger partial charge in [0.15, 0.2) is 0 Å². The van der Waals surface area contributed by atoms with Gasteiger partial charge in [-0.1, -0.05) is 48.5 Å². The van der Waals surface area contributed by atoms with Crippen molar-refractivity contribution in [1.29, 1.82) is 0 Å². The third-order valence-corrected chi connectivity index (χ3v) is 3.10. The quantitative estimate of drug-likeness (QED) is 0.772. The van der Waals surface area contributed by atoms with E-state index in [0.29, 0.717) is 5.95 Å². The van der Waals surface area contributed by atoms with Gasteiger partial charge in [-0.3, -0.25) is 4.79 Å². The topological polar surface area (TPSA) is 85.8 Å². The summed E-state index contributed by atoms with van der Waals surface area (Å²) in [5, 5.41) is 7.13. The highest BCUT2D eigenvalue weighted by atomic mass is 16.2. The number of benzene rings is 2. The zero-order chi connectivity index (χ0) is 15.4. The van der Waals surface area contributed by atoms with E-state index >= 15 is 0 Å². The first-order valence-electron chi connectivity index (χ1n) is 6.84. The van der Waals surface area contributed by atoms with Gasteiger partial charge in [-0.25, -0.2) is 0 Å². The van der Waals surface area contributed by atoms with Crippen LogP contribution < -0.4 is 11.1 Å². The summed E-state index contributed by atoms with van der Waals surface area (Å²) in [4.78, 5) is 16.3. The second-order valence-electron chi connectivity index (χ2n) is 4.75. The molecular weight excluding hydrogens is 278 g/mol. The number of anilines is 3. The molecule has 1 aromatic heterocycles. The normalized spacial score (nSPS) is 10.4. The summed E-state index contributed by atoms with van der Waals surface area (Å²) in [6, 6.07) is 18.9. The van der Waals surface area contributed by atoms with Gasteiger partial charge < -0.3 is 11.1 Å². The molecule has 0 radical (unpaired) electrons. The smallest absolute Gasteiger partial charge is 0.254 e. The van der Waals surface area contributed by atoms with Crippen molar-refractivity contribution in [2.75, 3.05) is 11.1 Å². The van der Waals surface area contributed by atoms with E-state index in [2.05, 4.69) is 15.4 Å². The Labute approximate surface area is 127 Å². The maximum atomic E-state index is 12.3. The van der Waals surface area contributed by atoms with Crippen LogP contribution in [0.4, 0.5) is 17.6 Å². The number of nitrogens with one attached hydrogen (secondary N) is 1. The molecule has 0 spiro atoms. The monoisotopic (exact) mass is 293 g/mol. The largest absolute Gasteiger partial charge is 0.368 e. The molecule has 0 fully saturated rings. The maximum absolute atomic E-state index is 12.3. The van der Waals surface area contributed by atoms with Gasteiger partial charge >= 0.3 is 0 Å². The van der Waals surface area contributed by atoms with Crippen molar-refractivity contribution in [1.82, 2.24) is 14.8 Å². The van der Waals surface area contributed by atoms with Gasteiger partial charge in [0.25, 0.3) is 5.91 Å². The third-order valence-electron chi connectivity index (χ3n) is 3.10. The predicted molar refractivity (Wildman–Crippen MR) is 84.9 cm³/mol. The number of nitrogens with two attached hydrogens (primary N) is 1. The minimum absolute atomic E-state index is 0.0689. The number of carbonyl (C=O) groups is 1. The van der Waals surface area contributed by atoms with Crippen LogP contribution in [0.15, 0.2) is 60.7 Å². The lowest BCUT2D eigenvalue weighted by atomic mass is 10.1. The average molecular weight is 293 g/mol. The zero-order valence-electron chi connectivity index (χ0n) is 11.8. The van der Waals surface area contributed by atoms with Crippen LogP contribution >= 0.6 is 0 Å². The number of hydrogen-bond donors (Lipinski definition) is 2. The Morgan fingerprint density at radius 3 is 2.36 bits per heavy atom. The summed E-state index contributed by atoms with van der Waals surface area (Å²) in [6.45, 7) is 0. The number of nitrogens with zero attached hydrogens (tertiary/aromatic N) is 3. The molecule has 0 aliphatic carbocycles. The van der Waals surface area contributed by atoms with E-state index in [-0.39, 0.29) is 18.3 Å². The minimum atomic E-state index is -0.225. The molecule has 0 unspecified atom stereocenters. The van der Waals surface area contributed by atoms with Gasteiger partial charge in [0.1, 0.15) is 0 Å². The molecule has 3 aromatic rings.